The van der Waals surface area contributed by atoms with Crippen molar-refractivity contribution < 1.29 is 9.18 Å². The average molecular weight is 315 g/mol. The topological polar surface area (TPSA) is 30.0 Å². The van der Waals surface area contributed by atoms with Crippen LogP contribution in [-0.2, 0) is 0 Å². The molecule has 0 unspecified atom stereocenters. The molecule has 2 rings (SSSR count). The Hall–Kier alpha value is -1.26. The van der Waals surface area contributed by atoms with Crippen LogP contribution in [0, 0.1) is 5.82 Å². The Labute approximate surface area is 111 Å². The van der Waals surface area contributed by atoms with Crippen molar-refractivity contribution >= 4 is 33.3 Å². The molecule has 0 aliphatic heterocycles. The summed E-state index contributed by atoms with van der Waals surface area (Å²) in [6.07, 6.45) is 1.32. The van der Waals surface area contributed by atoms with E-state index in [1.165, 1.54) is 30.5 Å². The number of carbonyl (C=O) groups is 1. The minimum Gasteiger partial charge on any atom is -0.288 e. The first kappa shape index (κ1) is 12.2. The van der Waals surface area contributed by atoms with Crippen molar-refractivity contribution in [2.45, 2.75) is 0 Å². The quantitative estimate of drug-likeness (QED) is 0.622. The average Bonchev–Trinajstić information content (AvgIpc) is 2.33. The minimum atomic E-state index is -0.576. The summed E-state index contributed by atoms with van der Waals surface area (Å²) in [5, 5.41) is 0.288. The Balaban J connectivity index is 2.44. The van der Waals surface area contributed by atoms with Gasteiger partial charge >= 0.3 is 0 Å². The summed E-state index contributed by atoms with van der Waals surface area (Å²) >= 11 is 8.65. The van der Waals surface area contributed by atoms with Gasteiger partial charge in [-0.1, -0.05) is 17.7 Å². The summed E-state index contributed by atoms with van der Waals surface area (Å²) in [6, 6.07) is 7.57. The Bertz CT molecular complexity index is 571. The van der Waals surface area contributed by atoms with Crippen LogP contribution < -0.4 is 0 Å². The maximum Gasteiger partial charge on any atom is 0.197 e. The Kier molecular flexibility index (Phi) is 3.54. The van der Waals surface area contributed by atoms with Crippen LogP contribution in [-0.4, -0.2) is 10.8 Å². The lowest BCUT2D eigenvalue weighted by Crippen LogP contribution is -2.05. The number of benzene rings is 1. The first-order valence-electron chi connectivity index (χ1n) is 4.70. The van der Waals surface area contributed by atoms with Gasteiger partial charge in [0.05, 0.1) is 10.0 Å². The van der Waals surface area contributed by atoms with E-state index in [1.54, 1.807) is 6.07 Å². The number of hydrogen-bond donors (Lipinski definition) is 0. The molecule has 0 spiro atoms. The van der Waals surface area contributed by atoms with Crippen molar-refractivity contribution in [1.29, 1.82) is 0 Å². The molecule has 0 N–H and O–H groups in total. The molecular weight excluding hydrogens is 308 g/mol. The van der Waals surface area contributed by atoms with E-state index in [4.69, 9.17) is 11.6 Å². The third-order valence-corrected chi connectivity index (χ3v) is 3.02. The highest BCUT2D eigenvalue weighted by Gasteiger charge is 2.15. The van der Waals surface area contributed by atoms with E-state index in [1.807, 2.05) is 0 Å². The van der Waals surface area contributed by atoms with Crippen molar-refractivity contribution in [3.8, 4) is 0 Å². The highest BCUT2D eigenvalue weighted by molar-refractivity contribution is 9.10. The summed E-state index contributed by atoms with van der Waals surface area (Å²) in [7, 11) is 0. The van der Waals surface area contributed by atoms with Gasteiger partial charge in [-0.3, -0.25) is 4.79 Å². The molecule has 0 fully saturated rings. The molecule has 0 amide bonds. The zero-order valence-corrected chi connectivity index (χ0v) is 10.8. The second kappa shape index (κ2) is 4.94. The van der Waals surface area contributed by atoms with E-state index in [0.29, 0.717) is 5.56 Å². The van der Waals surface area contributed by atoms with Gasteiger partial charge in [0.2, 0.25) is 0 Å². The van der Waals surface area contributed by atoms with E-state index >= 15 is 0 Å². The van der Waals surface area contributed by atoms with Gasteiger partial charge in [-0.2, -0.15) is 0 Å². The molecule has 1 heterocycles. The van der Waals surface area contributed by atoms with E-state index in [-0.39, 0.29) is 15.2 Å². The normalized spacial score (nSPS) is 10.3. The van der Waals surface area contributed by atoms with E-state index in [0.717, 1.165) is 0 Å². The Morgan fingerprint density at radius 1 is 1.29 bits per heavy atom. The van der Waals surface area contributed by atoms with Crippen molar-refractivity contribution in [2.24, 2.45) is 0 Å². The summed E-state index contributed by atoms with van der Waals surface area (Å²) < 4.78 is 14.0. The largest absolute Gasteiger partial charge is 0.288 e. The van der Waals surface area contributed by atoms with E-state index < -0.39 is 11.6 Å². The molecule has 5 heteroatoms. The number of nitrogens with zero attached hydrogens (tertiary/aromatic N) is 1. The van der Waals surface area contributed by atoms with Crippen LogP contribution in [0.3, 0.4) is 0 Å². The lowest BCUT2D eigenvalue weighted by molar-refractivity contribution is 0.103. The monoisotopic (exact) mass is 313 g/mol. The number of rotatable bonds is 2. The first-order valence-corrected chi connectivity index (χ1v) is 5.87. The molecule has 17 heavy (non-hydrogen) atoms. The lowest BCUT2D eigenvalue weighted by Gasteiger charge is -2.03. The minimum absolute atomic E-state index is 0.00324. The van der Waals surface area contributed by atoms with Gasteiger partial charge in [0.15, 0.2) is 5.78 Å². The van der Waals surface area contributed by atoms with Crippen LogP contribution in [0.4, 0.5) is 4.39 Å². The van der Waals surface area contributed by atoms with Gasteiger partial charge < -0.3 is 0 Å². The molecular formula is C12H6BrClFNO. The molecule has 0 saturated carbocycles. The summed E-state index contributed by atoms with van der Waals surface area (Å²) in [5.41, 5.74) is 0.301. The molecule has 86 valence electrons. The second-order valence-electron chi connectivity index (χ2n) is 3.30. The molecule has 0 aliphatic rings. The molecule has 1 aromatic heterocycles. The van der Waals surface area contributed by atoms with Crippen molar-refractivity contribution in [1.82, 2.24) is 4.98 Å². The number of halogens is 3. The van der Waals surface area contributed by atoms with Crippen molar-refractivity contribution in [3.63, 3.8) is 0 Å². The Morgan fingerprint density at radius 3 is 2.71 bits per heavy atom. The fraction of sp³-hybridized carbons (Fsp3) is 0. The molecule has 0 bridgehead atoms. The highest BCUT2D eigenvalue weighted by Crippen LogP contribution is 2.21. The highest BCUT2D eigenvalue weighted by atomic mass is 79.9. The summed E-state index contributed by atoms with van der Waals surface area (Å²) in [6.45, 7) is 0. The number of carbonyl (C=O) groups excluding carboxylic acids is 1. The van der Waals surface area contributed by atoms with Crippen LogP contribution in [0.5, 0.6) is 0 Å². The van der Waals surface area contributed by atoms with Gasteiger partial charge in [0, 0.05) is 11.8 Å². The van der Waals surface area contributed by atoms with Crippen LogP contribution in [0.15, 0.2) is 41.0 Å². The predicted molar refractivity (Wildman–Crippen MR) is 66.8 cm³/mol. The molecule has 2 aromatic rings. The fourth-order valence-corrected chi connectivity index (χ4v) is 1.82. The van der Waals surface area contributed by atoms with Crippen molar-refractivity contribution in [2.75, 3.05) is 0 Å². The van der Waals surface area contributed by atoms with Crippen LogP contribution in [0.1, 0.15) is 15.9 Å². The SMILES string of the molecule is O=C(c1ccc(Cl)nc1)c1cccc(Br)c1F. The number of ketones is 1. The smallest absolute Gasteiger partial charge is 0.197 e. The number of aromatic nitrogens is 1. The third kappa shape index (κ3) is 2.53. The molecule has 1 aromatic carbocycles. The van der Waals surface area contributed by atoms with Gasteiger partial charge in [-0.15, -0.1) is 0 Å². The molecule has 0 atom stereocenters. The van der Waals surface area contributed by atoms with E-state index in [9.17, 15) is 9.18 Å². The number of hydrogen-bond acceptors (Lipinski definition) is 2. The molecule has 2 nitrogen and oxygen atoms in total. The van der Waals surface area contributed by atoms with Crippen molar-refractivity contribution in [3.05, 3.63) is 63.1 Å². The standard InChI is InChI=1S/C12H6BrClFNO/c13-9-3-1-2-8(11(9)15)12(17)7-4-5-10(14)16-6-7/h1-6H. The molecule has 0 aliphatic carbocycles. The maximum atomic E-state index is 13.7. The maximum absolute atomic E-state index is 13.7. The lowest BCUT2D eigenvalue weighted by atomic mass is 10.0. The van der Waals surface area contributed by atoms with E-state index in [2.05, 4.69) is 20.9 Å². The van der Waals surface area contributed by atoms with Gasteiger partial charge in [0.1, 0.15) is 11.0 Å². The summed E-state index contributed by atoms with van der Waals surface area (Å²) in [5.74, 6) is -1.000. The van der Waals surface area contributed by atoms with Crippen LogP contribution in [0.25, 0.3) is 0 Å². The molecule has 0 radical (unpaired) electrons. The fourth-order valence-electron chi connectivity index (χ4n) is 1.34. The number of pyridine rings is 1. The third-order valence-electron chi connectivity index (χ3n) is 2.19. The zero-order valence-electron chi connectivity index (χ0n) is 8.45. The van der Waals surface area contributed by atoms with Crippen LogP contribution >= 0.6 is 27.5 Å². The van der Waals surface area contributed by atoms with Crippen LogP contribution in [0.2, 0.25) is 5.15 Å². The van der Waals surface area contributed by atoms with Gasteiger partial charge in [-0.25, -0.2) is 9.37 Å². The van der Waals surface area contributed by atoms with Gasteiger partial charge in [-0.05, 0) is 40.2 Å². The summed E-state index contributed by atoms with van der Waals surface area (Å²) in [4.78, 5) is 15.8. The first-order chi connectivity index (χ1) is 8.09. The Morgan fingerprint density at radius 2 is 2.06 bits per heavy atom. The predicted octanol–water partition coefficient (Wildman–Crippen LogP) is 3.87. The second-order valence-corrected chi connectivity index (χ2v) is 4.54. The van der Waals surface area contributed by atoms with Gasteiger partial charge in [0.25, 0.3) is 0 Å². The molecule has 0 saturated heterocycles. The zero-order chi connectivity index (χ0) is 12.4.